The predicted octanol–water partition coefficient (Wildman–Crippen LogP) is 4.28. The first-order valence-electron chi connectivity index (χ1n) is 12.0. The summed E-state index contributed by atoms with van der Waals surface area (Å²) in [4.78, 5) is 19.2. The molecule has 0 atom stereocenters. The minimum atomic E-state index is 0.312. The molecule has 0 bridgehead atoms. The van der Waals surface area contributed by atoms with Crippen molar-refractivity contribution in [3.05, 3.63) is 53.1 Å². The van der Waals surface area contributed by atoms with Crippen molar-refractivity contribution in [2.75, 3.05) is 49.1 Å². The summed E-state index contributed by atoms with van der Waals surface area (Å²) in [6.45, 7) is 6.45. The number of benzene rings is 2. The lowest BCUT2D eigenvalue weighted by Gasteiger charge is -2.35. The average molecular weight is 447 g/mol. The molecule has 6 heteroatoms. The summed E-state index contributed by atoms with van der Waals surface area (Å²) in [5.74, 6) is 1.48. The van der Waals surface area contributed by atoms with Crippen LogP contribution in [0, 0.1) is 0 Å². The lowest BCUT2D eigenvalue weighted by atomic mass is 9.95. The molecule has 6 rings (SSSR count). The molecular weight excluding hydrogens is 416 g/mol. The van der Waals surface area contributed by atoms with Crippen molar-refractivity contribution in [3.8, 4) is 0 Å². The molecule has 5 nitrogen and oxygen atoms in total. The second-order valence-corrected chi connectivity index (χ2v) is 10.2. The van der Waals surface area contributed by atoms with Gasteiger partial charge in [0.2, 0.25) is 5.91 Å². The number of rotatable bonds is 6. The number of amides is 1. The molecule has 3 aliphatic rings. The first-order chi connectivity index (χ1) is 15.8. The Kier molecular flexibility index (Phi) is 5.35. The molecule has 0 unspecified atom stereocenters. The van der Waals surface area contributed by atoms with Crippen LogP contribution in [0.1, 0.15) is 36.0 Å². The lowest BCUT2D eigenvalue weighted by molar-refractivity contribution is -0.118. The highest BCUT2D eigenvalue weighted by Crippen LogP contribution is 2.37. The zero-order chi connectivity index (χ0) is 21.5. The van der Waals surface area contributed by atoms with E-state index in [4.69, 9.17) is 4.37 Å². The molecule has 2 aromatic carbocycles. The van der Waals surface area contributed by atoms with Crippen molar-refractivity contribution in [1.29, 1.82) is 0 Å². The zero-order valence-corrected chi connectivity index (χ0v) is 19.4. The summed E-state index contributed by atoms with van der Waals surface area (Å²) >= 11 is 1.61. The van der Waals surface area contributed by atoms with Gasteiger partial charge in [0.05, 0.1) is 10.4 Å². The number of hydrogen-bond donors (Lipinski definition) is 0. The summed E-state index contributed by atoms with van der Waals surface area (Å²) in [6, 6.07) is 13.3. The molecule has 32 heavy (non-hydrogen) atoms. The summed E-state index contributed by atoms with van der Waals surface area (Å²) < 4.78 is 6.01. The summed E-state index contributed by atoms with van der Waals surface area (Å²) in [7, 11) is 0. The maximum Gasteiger partial charge on any atom is 0.227 e. The third-order valence-electron chi connectivity index (χ3n) is 7.33. The molecule has 0 aliphatic carbocycles. The standard InChI is InChI=1S/C26H30N4OS/c31-24-9-8-20-17-19(18-21-10-12-30(24)25(20)21)5-3-4-11-28-13-15-29(16-14-28)26-22-6-1-2-7-23(22)32-27-26/h1-2,6-7,17-18H,3-5,8-16H2. The number of piperazine rings is 1. The maximum absolute atomic E-state index is 12.1. The van der Waals surface area contributed by atoms with Crippen molar-refractivity contribution in [2.45, 2.75) is 38.5 Å². The van der Waals surface area contributed by atoms with Crippen LogP contribution >= 0.6 is 11.5 Å². The highest BCUT2D eigenvalue weighted by molar-refractivity contribution is 7.13. The predicted molar refractivity (Wildman–Crippen MR) is 132 cm³/mol. The number of anilines is 2. The van der Waals surface area contributed by atoms with E-state index < -0.39 is 0 Å². The normalized spacial score (nSPS) is 18.6. The highest BCUT2D eigenvalue weighted by atomic mass is 32.1. The summed E-state index contributed by atoms with van der Waals surface area (Å²) in [6.07, 6.45) is 6.26. The Morgan fingerprint density at radius 1 is 0.906 bits per heavy atom. The fourth-order valence-corrected chi connectivity index (χ4v) is 6.42. The molecule has 0 spiro atoms. The van der Waals surface area contributed by atoms with E-state index in [-0.39, 0.29) is 0 Å². The Bertz CT molecular complexity index is 1150. The maximum atomic E-state index is 12.1. The first-order valence-corrected chi connectivity index (χ1v) is 12.8. The number of aromatic nitrogens is 1. The third kappa shape index (κ3) is 3.69. The van der Waals surface area contributed by atoms with Gasteiger partial charge in [-0.1, -0.05) is 24.3 Å². The number of nitrogens with zero attached hydrogens (tertiary/aromatic N) is 4. The van der Waals surface area contributed by atoms with Gasteiger partial charge in [0, 0.05) is 44.5 Å². The Labute approximate surface area is 193 Å². The van der Waals surface area contributed by atoms with E-state index in [1.807, 2.05) is 4.90 Å². The number of unbranched alkanes of at least 4 members (excludes halogenated alkanes) is 1. The second kappa shape index (κ2) is 8.49. The smallest absolute Gasteiger partial charge is 0.227 e. The first kappa shape index (κ1) is 20.2. The van der Waals surface area contributed by atoms with Gasteiger partial charge in [0.15, 0.2) is 0 Å². The SMILES string of the molecule is O=C1CCc2cc(CCCCN3CCN(c4nsc5ccccc45)CC3)cc3c2N1CC3. The lowest BCUT2D eigenvalue weighted by Crippen LogP contribution is -2.46. The van der Waals surface area contributed by atoms with E-state index in [0.29, 0.717) is 12.3 Å². The van der Waals surface area contributed by atoms with Crippen LogP contribution in [0.25, 0.3) is 10.1 Å². The number of carbonyl (C=O) groups excluding carboxylic acids is 1. The van der Waals surface area contributed by atoms with Crippen LogP contribution in [-0.4, -0.2) is 54.4 Å². The zero-order valence-electron chi connectivity index (χ0n) is 18.6. The fraction of sp³-hybridized carbons (Fsp3) is 0.462. The van der Waals surface area contributed by atoms with E-state index in [0.717, 1.165) is 52.0 Å². The molecule has 3 aliphatic heterocycles. The summed E-state index contributed by atoms with van der Waals surface area (Å²) in [5, 5.41) is 1.30. The summed E-state index contributed by atoms with van der Waals surface area (Å²) in [5.41, 5.74) is 5.52. The van der Waals surface area contributed by atoms with Crippen molar-refractivity contribution in [2.24, 2.45) is 0 Å². The molecule has 4 heterocycles. The van der Waals surface area contributed by atoms with Gasteiger partial charge in [0.25, 0.3) is 0 Å². The molecule has 1 fully saturated rings. The molecule has 0 saturated carbocycles. The van der Waals surface area contributed by atoms with Crippen molar-refractivity contribution in [1.82, 2.24) is 9.27 Å². The highest BCUT2D eigenvalue weighted by Gasteiger charge is 2.31. The van der Waals surface area contributed by atoms with E-state index in [9.17, 15) is 4.79 Å². The van der Waals surface area contributed by atoms with Gasteiger partial charge in [-0.05, 0) is 79.0 Å². The van der Waals surface area contributed by atoms with E-state index in [1.165, 1.54) is 57.7 Å². The van der Waals surface area contributed by atoms with Crippen LogP contribution in [0.5, 0.6) is 0 Å². The van der Waals surface area contributed by atoms with Gasteiger partial charge in [0.1, 0.15) is 5.82 Å². The Hall–Kier alpha value is -2.44. The van der Waals surface area contributed by atoms with Gasteiger partial charge in [-0.2, -0.15) is 4.37 Å². The minimum Gasteiger partial charge on any atom is -0.353 e. The monoisotopic (exact) mass is 446 g/mol. The largest absolute Gasteiger partial charge is 0.353 e. The van der Waals surface area contributed by atoms with E-state index in [2.05, 4.69) is 46.2 Å². The van der Waals surface area contributed by atoms with E-state index in [1.54, 1.807) is 11.5 Å². The molecule has 0 N–H and O–H groups in total. The van der Waals surface area contributed by atoms with Gasteiger partial charge >= 0.3 is 0 Å². The Morgan fingerprint density at radius 3 is 2.59 bits per heavy atom. The minimum absolute atomic E-state index is 0.312. The van der Waals surface area contributed by atoms with Crippen LogP contribution in [-0.2, 0) is 24.1 Å². The van der Waals surface area contributed by atoms with E-state index >= 15 is 0 Å². The number of aryl methyl sites for hydroxylation is 2. The van der Waals surface area contributed by atoms with Gasteiger partial charge < -0.3 is 9.80 Å². The van der Waals surface area contributed by atoms with Crippen molar-refractivity contribution in [3.63, 3.8) is 0 Å². The van der Waals surface area contributed by atoms with Crippen LogP contribution in [0.15, 0.2) is 36.4 Å². The van der Waals surface area contributed by atoms with Gasteiger partial charge in [-0.3, -0.25) is 9.69 Å². The van der Waals surface area contributed by atoms with Crippen molar-refractivity contribution >= 4 is 39.0 Å². The Morgan fingerprint density at radius 2 is 1.72 bits per heavy atom. The molecular formula is C26H30N4OS. The van der Waals surface area contributed by atoms with Crippen LogP contribution in [0.3, 0.4) is 0 Å². The molecule has 0 radical (unpaired) electrons. The molecule has 166 valence electrons. The van der Waals surface area contributed by atoms with Crippen LogP contribution in [0.4, 0.5) is 11.5 Å². The number of fused-ring (bicyclic) bond motifs is 1. The van der Waals surface area contributed by atoms with Crippen LogP contribution < -0.4 is 9.80 Å². The molecule has 1 saturated heterocycles. The Balaban J connectivity index is 0.993. The quantitative estimate of drug-likeness (QED) is 0.530. The number of carbonyl (C=O) groups is 1. The van der Waals surface area contributed by atoms with Crippen molar-refractivity contribution < 1.29 is 4.79 Å². The van der Waals surface area contributed by atoms with Gasteiger partial charge in [-0.15, -0.1) is 0 Å². The third-order valence-corrected chi connectivity index (χ3v) is 8.15. The molecule has 1 aromatic heterocycles. The fourth-order valence-electron chi connectivity index (χ4n) is 5.62. The number of hydrogen-bond acceptors (Lipinski definition) is 5. The topological polar surface area (TPSA) is 39.7 Å². The molecule has 1 amide bonds. The average Bonchev–Trinajstić information content (AvgIpc) is 3.45. The molecule has 3 aromatic rings. The van der Waals surface area contributed by atoms with Crippen LogP contribution in [0.2, 0.25) is 0 Å². The van der Waals surface area contributed by atoms with Gasteiger partial charge in [-0.25, -0.2) is 0 Å². The second-order valence-electron chi connectivity index (χ2n) is 9.35.